The van der Waals surface area contributed by atoms with Crippen LogP contribution in [0.1, 0.15) is 40.5 Å². The molecule has 0 heterocycles. The van der Waals surface area contributed by atoms with Gasteiger partial charge in [0.25, 0.3) is 0 Å². The van der Waals surface area contributed by atoms with Crippen molar-refractivity contribution in [1.29, 1.82) is 0 Å². The molecule has 0 saturated carbocycles. The molecule has 0 N–H and O–H groups in total. The Morgan fingerprint density at radius 1 is 1.50 bits per heavy atom. The molecule has 0 radical (unpaired) electrons. The first kappa shape index (κ1) is 9.67. The molecule has 1 atom stereocenters. The van der Waals surface area contributed by atoms with Crippen molar-refractivity contribution < 1.29 is 4.79 Å². The van der Waals surface area contributed by atoms with E-state index in [1.807, 2.05) is 6.92 Å². The first-order valence-corrected chi connectivity index (χ1v) is 4.00. The van der Waals surface area contributed by atoms with Gasteiger partial charge in [0.05, 0.1) is 0 Å². The molecular formula is C9H18O. The second-order valence-electron chi connectivity index (χ2n) is 3.66. The maximum Gasteiger partial charge on any atom is 0.123 e. The lowest BCUT2D eigenvalue weighted by molar-refractivity contribution is -0.113. The third kappa shape index (κ3) is 2.51. The molecule has 60 valence electrons. The van der Waals surface area contributed by atoms with Gasteiger partial charge in [-0.3, -0.25) is 0 Å². The zero-order valence-electron chi connectivity index (χ0n) is 7.48. The highest BCUT2D eigenvalue weighted by molar-refractivity contribution is 5.54. The average Bonchev–Trinajstić information content (AvgIpc) is 1.86. The van der Waals surface area contributed by atoms with E-state index in [4.69, 9.17) is 0 Å². The van der Waals surface area contributed by atoms with Crippen LogP contribution in [0.4, 0.5) is 0 Å². The van der Waals surface area contributed by atoms with Crippen LogP contribution in [-0.4, -0.2) is 6.29 Å². The Morgan fingerprint density at radius 2 is 2.00 bits per heavy atom. The van der Waals surface area contributed by atoms with E-state index < -0.39 is 0 Å². The van der Waals surface area contributed by atoms with E-state index in [0.717, 1.165) is 19.1 Å². The normalized spacial score (nSPS) is 14.8. The topological polar surface area (TPSA) is 17.1 Å². The van der Waals surface area contributed by atoms with Crippen LogP contribution in [0.3, 0.4) is 0 Å². The number of aldehydes is 1. The molecule has 0 aliphatic heterocycles. The Labute approximate surface area is 63.8 Å². The van der Waals surface area contributed by atoms with Crippen LogP contribution in [0, 0.1) is 11.3 Å². The van der Waals surface area contributed by atoms with Gasteiger partial charge in [-0.15, -0.1) is 0 Å². The van der Waals surface area contributed by atoms with Crippen LogP contribution >= 0.6 is 0 Å². The zero-order valence-corrected chi connectivity index (χ0v) is 7.48. The van der Waals surface area contributed by atoms with Crippen molar-refractivity contribution in [3.63, 3.8) is 0 Å². The van der Waals surface area contributed by atoms with Gasteiger partial charge in [0.1, 0.15) is 6.29 Å². The van der Waals surface area contributed by atoms with E-state index in [2.05, 4.69) is 20.8 Å². The van der Waals surface area contributed by atoms with Gasteiger partial charge in [-0.25, -0.2) is 0 Å². The minimum absolute atomic E-state index is 0.187. The lowest BCUT2D eigenvalue weighted by atomic mass is 9.77. The molecule has 0 saturated heterocycles. The summed E-state index contributed by atoms with van der Waals surface area (Å²) in [5, 5.41) is 0. The number of hydrogen-bond acceptors (Lipinski definition) is 1. The van der Waals surface area contributed by atoms with Gasteiger partial charge in [-0.1, -0.05) is 34.1 Å². The number of rotatable bonds is 4. The average molecular weight is 142 g/mol. The number of hydrogen-bond donors (Lipinski definition) is 0. The van der Waals surface area contributed by atoms with Gasteiger partial charge >= 0.3 is 0 Å². The minimum atomic E-state index is 0.187. The zero-order chi connectivity index (χ0) is 8.20. The van der Waals surface area contributed by atoms with Crippen LogP contribution in [0.5, 0.6) is 0 Å². The minimum Gasteiger partial charge on any atom is -0.303 e. The third-order valence-corrected chi connectivity index (χ3v) is 2.33. The molecule has 0 spiro atoms. The van der Waals surface area contributed by atoms with E-state index >= 15 is 0 Å². The summed E-state index contributed by atoms with van der Waals surface area (Å²) in [6.45, 7) is 8.44. The Balaban J connectivity index is 3.94. The largest absolute Gasteiger partial charge is 0.303 e. The quantitative estimate of drug-likeness (QED) is 0.551. The summed E-state index contributed by atoms with van der Waals surface area (Å²) in [5.74, 6) is 0.187. The Morgan fingerprint density at radius 3 is 2.30 bits per heavy atom. The molecule has 0 aliphatic rings. The van der Waals surface area contributed by atoms with Crippen molar-refractivity contribution >= 4 is 6.29 Å². The van der Waals surface area contributed by atoms with Gasteiger partial charge < -0.3 is 4.79 Å². The monoisotopic (exact) mass is 142 g/mol. The number of carbonyl (C=O) groups excluding carboxylic acids is 1. The molecule has 0 aliphatic carbocycles. The molecule has 0 bridgehead atoms. The predicted molar refractivity (Wildman–Crippen MR) is 43.9 cm³/mol. The number of carbonyl (C=O) groups is 1. The van der Waals surface area contributed by atoms with E-state index in [1.54, 1.807) is 0 Å². The fourth-order valence-electron chi connectivity index (χ4n) is 1.06. The van der Waals surface area contributed by atoms with E-state index in [9.17, 15) is 4.79 Å². The third-order valence-electron chi connectivity index (χ3n) is 2.33. The van der Waals surface area contributed by atoms with Gasteiger partial charge in [0.15, 0.2) is 0 Å². The van der Waals surface area contributed by atoms with Gasteiger partial charge in [0, 0.05) is 5.92 Å². The van der Waals surface area contributed by atoms with Crippen LogP contribution < -0.4 is 0 Å². The molecule has 1 nitrogen and oxygen atoms in total. The second-order valence-corrected chi connectivity index (χ2v) is 3.66. The van der Waals surface area contributed by atoms with Crippen molar-refractivity contribution in [2.24, 2.45) is 11.3 Å². The summed E-state index contributed by atoms with van der Waals surface area (Å²) >= 11 is 0. The summed E-state index contributed by atoms with van der Waals surface area (Å²) in [5.41, 5.74) is 0.191. The van der Waals surface area contributed by atoms with Crippen molar-refractivity contribution in [3.05, 3.63) is 0 Å². The van der Waals surface area contributed by atoms with E-state index in [-0.39, 0.29) is 11.3 Å². The standard InChI is InChI=1S/C9H18O/c1-5-6-9(3,4)8(2)7-10/h7-8H,5-6H2,1-4H3/t8-/m1/s1. The molecule has 0 unspecified atom stereocenters. The molecule has 0 amide bonds. The van der Waals surface area contributed by atoms with Crippen LogP contribution in [0.25, 0.3) is 0 Å². The summed E-state index contributed by atoms with van der Waals surface area (Å²) in [4.78, 5) is 10.4. The molecular weight excluding hydrogens is 124 g/mol. The summed E-state index contributed by atoms with van der Waals surface area (Å²) in [7, 11) is 0. The first-order chi connectivity index (χ1) is 4.54. The highest BCUT2D eigenvalue weighted by atomic mass is 16.1. The van der Waals surface area contributed by atoms with Crippen molar-refractivity contribution in [3.8, 4) is 0 Å². The van der Waals surface area contributed by atoms with E-state index in [0.29, 0.717) is 0 Å². The molecule has 0 aromatic rings. The first-order valence-electron chi connectivity index (χ1n) is 4.00. The Kier molecular flexibility index (Phi) is 3.62. The fraction of sp³-hybridized carbons (Fsp3) is 0.889. The SMILES string of the molecule is CCCC(C)(C)[C@H](C)C=O. The maximum atomic E-state index is 10.4. The van der Waals surface area contributed by atoms with Crippen molar-refractivity contribution in [2.45, 2.75) is 40.5 Å². The summed E-state index contributed by atoms with van der Waals surface area (Å²) in [6.07, 6.45) is 3.34. The smallest absolute Gasteiger partial charge is 0.123 e. The van der Waals surface area contributed by atoms with Crippen LogP contribution in [0.2, 0.25) is 0 Å². The van der Waals surface area contributed by atoms with Gasteiger partial charge in [-0.05, 0) is 11.8 Å². The van der Waals surface area contributed by atoms with Gasteiger partial charge in [0.2, 0.25) is 0 Å². The highest BCUT2D eigenvalue weighted by Crippen LogP contribution is 2.29. The molecule has 0 aromatic carbocycles. The van der Waals surface area contributed by atoms with Crippen LogP contribution in [0.15, 0.2) is 0 Å². The lowest BCUT2D eigenvalue weighted by Crippen LogP contribution is -2.22. The highest BCUT2D eigenvalue weighted by Gasteiger charge is 2.23. The van der Waals surface area contributed by atoms with Crippen LogP contribution in [-0.2, 0) is 4.79 Å². The summed E-state index contributed by atoms with van der Waals surface area (Å²) < 4.78 is 0. The van der Waals surface area contributed by atoms with Gasteiger partial charge in [-0.2, -0.15) is 0 Å². The molecule has 0 aromatic heterocycles. The fourth-order valence-corrected chi connectivity index (χ4v) is 1.06. The van der Waals surface area contributed by atoms with Crippen molar-refractivity contribution in [2.75, 3.05) is 0 Å². The molecule has 10 heavy (non-hydrogen) atoms. The summed E-state index contributed by atoms with van der Waals surface area (Å²) in [6, 6.07) is 0. The molecule has 0 fully saturated rings. The Bertz CT molecular complexity index is 105. The second kappa shape index (κ2) is 3.75. The maximum absolute atomic E-state index is 10.4. The molecule has 1 heteroatoms. The van der Waals surface area contributed by atoms with Crippen molar-refractivity contribution in [1.82, 2.24) is 0 Å². The molecule has 0 rings (SSSR count). The van der Waals surface area contributed by atoms with E-state index in [1.165, 1.54) is 0 Å². The predicted octanol–water partition coefficient (Wildman–Crippen LogP) is 2.65. The lowest BCUT2D eigenvalue weighted by Gasteiger charge is -2.27. The Hall–Kier alpha value is -0.330.